The zero-order valence-corrected chi connectivity index (χ0v) is 16.5. The van der Waals surface area contributed by atoms with Crippen LogP contribution < -0.4 is 5.32 Å². The molecule has 1 N–H and O–H groups in total. The molecule has 0 fully saturated rings. The molecule has 0 aliphatic carbocycles. The number of alkyl halides is 1. The van der Waals surface area contributed by atoms with Crippen LogP contribution in [0.15, 0.2) is 54.6 Å². The standard InChI is InChI=1S/C22H23FN2O4/c1-22(2,3)29-21(28)24-17(18(23)14-9-5-4-6-10-14)13-25-19(26)15-11-7-8-12-16(15)20(25)27/h4-12,17-18H,13H2,1-3H3,(H,24,28)/t17-,18?/m1/s1. The largest absolute Gasteiger partial charge is 0.444 e. The molecule has 3 amide bonds. The van der Waals surface area contributed by atoms with Crippen molar-refractivity contribution in [1.29, 1.82) is 0 Å². The quantitative estimate of drug-likeness (QED) is 0.776. The number of carbonyl (C=O) groups is 3. The van der Waals surface area contributed by atoms with Crippen LogP contribution in [0.2, 0.25) is 0 Å². The zero-order valence-electron chi connectivity index (χ0n) is 16.5. The summed E-state index contributed by atoms with van der Waals surface area (Å²) >= 11 is 0. The van der Waals surface area contributed by atoms with Crippen molar-refractivity contribution in [3.8, 4) is 0 Å². The Hall–Kier alpha value is -3.22. The number of rotatable bonds is 5. The molecule has 0 bridgehead atoms. The molecule has 2 aromatic carbocycles. The maximum absolute atomic E-state index is 15.3. The van der Waals surface area contributed by atoms with E-state index >= 15 is 4.39 Å². The molecule has 6 nitrogen and oxygen atoms in total. The second-order valence-electron chi connectivity index (χ2n) is 7.83. The fourth-order valence-electron chi connectivity index (χ4n) is 3.14. The number of imide groups is 1. The number of nitrogens with one attached hydrogen (secondary N) is 1. The van der Waals surface area contributed by atoms with Gasteiger partial charge in [-0.25, -0.2) is 9.18 Å². The van der Waals surface area contributed by atoms with Gasteiger partial charge >= 0.3 is 6.09 Å². The molecule has 0 radical (unpaired) electrons. The molecule has 0 saturated carbocycles. The van der Waals surface area contributed by atoms with Crippen molar-refractivity contribution in [2.75, 3.05) is 6.54 Å². The minimum atomic E-state index is -1.65. The third kappa shape index (κ3) is 4.62. The highest BCUT2D eigenvalue weighted by Gasteiger charge is 2.39. The van der Waals surface area contributed by atoms with Crippen LogP contribution in [0.5, 0.6) is 0 Å². The van der Waals surface area contributed by atoms with Gasteiger partial charge < -0.3 is 10.1 Å². The number of benzene rings is 2. The first-order chi connectivity index (χ1) is 13.7. The van der Waals surface area contributed by atoms with E-state index in [0.717, 1.165) is 4.90 Å². The molecule has 0 saturated heterocycles. The molecular formula is C22H23FN2O4. The van der Waals surface area contributed by atoms with Crippen LogP contribution in [0.3, 0.4) is 0 Å². The topological polar surface area (TPSA) is 75.7 Å². The molecule has 29 heavy (non-hydrogen) atoms. The van der Waals surface area contributed by atoms with Crippen molar-refractivity contribution >= 4 is 17.9 Å². The molecule has 1 heterocycles. The number of halogens is 1. The molecule has 3 rings (SSSR count). The lowest BCUT2D eigenvalue weighted by atomic mass is 10.0. The first-order valence-corrected chi connectivity index (χ1v) is 9.31. The average molecular weight is 398 g/mol. The van der Waals surface area contributed by atoms with E-state index in [-0.39, 0.29) is 17.7 Å². The maximum Gasteiger partial charge on any atom is 0.408 e. The Morgan fingerprint density at radius 3 is 2.03 bits per heavy atom. The van der Waals surface area contributed by atoms with E-state index in [9.17, 15) is 14.4 Å². The van der Waals surface area contributed by atoms with Crippen molar-refractivity contribution in [3.05, 3.63) is 71.3 Å². The van der Waals surface area contributed by atoms with E-state index in [1.807, 2.05) is 0 Å². The van der Waals surface area contributed by atoms with Crippen molar-refractivity contribution in [3.63, 3.8) is 0 Å². The summed E-state index contributed by atoms with van der Waals surface area (Å²) in [6, 6.07) is 13.5. The molecule has 1 aliphatic rings. The van der Waals surface area contributed by atoms with Crippen LogP contribution in [0.25, 0.3) is 0 Å². The maximum atomic E-state index is 15.3. The van der Waals surface area contributed by atoms with Gasteiger partial charge in [0.05, 0.1) is 23.7 Å². The predicted molar refractivity (Wildman–Crippen MR) is 105 cm³/mol. The van der Waals surface area contributed by atoms with Crippen LogP contribution in [-0.2, 0) is 4.74 Å². The fourth-order valence-corrected chi connectivity index (χ4v) is 3.14. The number of hydrogen-bond acceptors (Lipinski definition) is 4. The molecule has 0 aromatic heterocycles. The van der Waals surface area contributed by atoms with Gasteiger partial charge in [-0.15, -0.1) is 0 Å². The summed E-state index contributed by atoms with van der Waals surface area (Å²) in [6.45, 7) is 4.75. The smallest absolute Gasteiger partial charge is 0.408 e. The second kappa shape index (κ2) is 8.03. The number of fused-ring (bicyclic) bond motifs is 1. The highest BCUT2D eigenvalue weighted by Crippen LogP contribution is 2.27. The van der Waals surface area contributed by atoms with Gasteiger partial charge in [0.25, 0.3) is 11.8 Å². The van der Waals surface area contributed by atoms with Crippen molar-refractivity contribution < 1.29 is 23.5 Å². The van der Waals surface area contributed by atoms with E-state index in [4.69, 9.17) is 4.74 Å². The van der Waals surface area contributed by atoms with E-state index in [2.05, 4.69) is 5.32 Å². The summed E-state index contributed by atoms with van der Waals surface area (Å²) in [4.78, 5) is 38.5. The summed E-state index contributed by atoms with van der Waals surface area (Å²) in [5.74, 6) is -1.02. The van der Waals surface area contributed by atoms with E-state index in [0.29, 0.717) is 5.56 Å². The number of carbonyl (C=O) groups excluding carboxylic acids is 3. The number of hydrogen-bond donors (Lipinski definition) is 1. The Bertz CT molecular complexity index is 889. The number of amides is 3. The van der Waals surface area contributed by atoms with Crippen molar-refractivity contribution in [2.45, 2.75) is 38.6 Å². The van der Waals surface area contributed by atoms with E-state index in [1.54, 1.807) is 75.4 Å². The van der Waals surface area contributed by atoms with Crippen LogP contribution in [0.1, 0.15) is 53.2 Å². The fraction of sp³-hybridized carbons (Fsp3) is 0.318. The number of nitrogens with zero attached hydrogens (tertiary/aromatic N) is 1. The molecular weight excluding hydrogens is 375 g/mol. The molecule has 2 aromatic rings. The van der Waals surface area contributed by atoms with Gasteiger partial charge in [0.1, 0.15) is 11.8 Å². The second-order valence-corrected chi connectivity index (χ2v) is 7.83. The summed E-state index contributed by atoms with van der Waals surface area (Å²) < 4.78 is 20.5. The lowest BCUT2D eigenvalue weighted by Crippen LogP contribution is -2.49. The van der Waals surface area contributed by atoms with E-state index < -0.39 is 35.7 Å². The van der Waals surface area contributed by atoms with Gasteiger partial charge in [-0.05, 0) is 38.5 Å². The Labute approximate surface area is 168 Å². The van der Waals surface area contributed by atoms with Crippen LogP contribution in [0.4, 0.5) is 9.18 Å². The first-order valence-electron chi connectivity index (χ1n) is 9.31. The van der Waals surface area contributed by atoms with Gasteiger partial charge in [0.2, 0.25) is 0 Å². The monoisotopic (exact) mass is 398 g/mol. The Kier molecular flexibility index (Phi) is 5.68. The third-order valence-corrected chi connectivity index (χ3v) is 4.43. The van der Waals surface area contributed by atoms with Crippen LogP contribution in [-0.4, -0.2) is 41.0 Å². The Balaban J connectivity index is 1.84. The number of ether oxygens (including phenoxy) is 1. The van der Waals surface area contributed by atoms with Crippen LogP contribution >= 0.6 is 0 Å². The summed E-state index contributed by atoms with van der Waals surface area (Å²) in [6.07, 6.45) is -2.47. The van der Waals surface area contributed by atoms with Gasteiger partial charge in [-0.3, -0.25) is 14.5 Å². The molecule has 2 atom stereocenters. The lowest BCUT2D eigenvalue weighted by Gasteiger charge is -2.28. The van der Waals surface area contributed by atoms with Gasteiger partial charge in [-0.2, -0.15) is 0 Å². The summed E-state index contributed by atoms with van der Waals surface area (Å²) in [5.41, 5.74) is 0.0837. The molecule has 152 valence electrons. The number of alkyl carbamates (subject to hydrolysis) is 1. The average Bonchev–Trinajstić information content (AvgIpc) is 2.91. The van der Waals surface area contributed by atoms with Gasteiger partial charge in [0, 0.05) is 0 Å². The summed E-state index contributed by atoms with van der Waals surface area (Å²) in [7, 11) is 0. The van der Waals surface area contributed by atoms with Crippen LogP contribution in [0, 0.1) is 0 Å². The highest BCUT2D eigenvalue weighted by molar-refractivity contribution is 6.21. The minimum absolute atomic E-state index is 0.267. The molecule has 7 heteroatoms. The van der Waals surface area contributed by atoms with Crippen molar-refractivity contribution in [1.82, 2.24) is 10.2 Å². The van der Waals surface area contributed by atoms with Gasteiger partial charge in [0.15, 0.2) is 0 Å². The molecule has 1 aliphatic heterocycles. The predicted octanol–water partition coefficient (Wildman–Crippen LogP) is 3.89. The normalized spacial score (nSPS) is 15.7. The SMILES string of the molecule is CC(C)(C)OC(=O)N[C@H](CN1C(=O)c2ccccc2C1=O)C(F)c1ccccc1. The Morgan fingerprint density at radius 2 is 1.52 bits per heavy atom. The lowest BCUT2D eigenvalue weighted by molar-refractivity contribution is 0.0423. The minimum Gasteiger partial charge on any atom is -0.444 e. The molecule has 0 spiro atoms. The van der Waals surface area contributed by atoms with E-state index in [1.165, 1.54) is 0 Å². The van der Waals surface area contributed by atoms with Gasteiger partial charge in [-0.1, -0.05) is 42.5 Å². The first kappa shape index (κ1) is 20.5. The van der Waals surface area contributed by atoms with Crippen molar-refractivity contribution in [2.24, 2.45) is 0 Å². The zero-order chi connectivity index (χ0) is 21.2. The third-order valence-electron chi connectivity index (χ3n) is 4.43. The summed E-state index contributed by atoms with van der Waals surface area (Å²) in [5, 5.41) is 2.48. The Morgan fingerprint density at radius 1 is 1.00 bits per heavy atom. The molecule has 1 unspecified atom stereocenters. The highest BCUT2D eigenvalue weighted by atomic mass is 19.1.